The first-order valence-corrected chi connectivity index (χ1v) is 7.90. The SMILES string of the molecule is CC(C)CCNC(=O)C(C)NCCCN1CCOCC1. The highest BCUT2D eigenvalue weighted by atomic mass is 16.5. The van der Waals surface area contributed by atoms with Crippen molar-refractivity contribution in [1.29, 1.82) is 0 Å². The Labute approximate surface area is 123 Å². The second-order valence-corrected chi connectivity index (χ2v) is 5.96. The third-order valence-corrected chi connectivity index (χ3v) is 3.62. The minimum atomic E-state index is -0.105. The molecule has 1 fully saturated rings. The monoisotopic (exact) mass is 285 g/mol. The van der Waals surface area contributed by atoms with E-state index < -0.39 is 0 Å². The molecule has 2 N–H and O–H groups in total. The molecular weight excluding hydrogens is 254 g/mol. The third-order valence-electron chi connectivity index (χ3n) is 3.62. The van der Waals surface area contributed by atoms with E-state index in [-0.39, 0.29) is 11.9 Å². The van der Waals surface area contributed by atoms with Gasteiger partial charge in [0.15, 0.2) is 0 Å². The van der Waals surface area contributed by atoms with E-state index in [1.54, 1.807) is 0 Å². The molecule has 1 heterocycles. The number of hydrogen-bond donors (Lipinski definition) is 2. The van der Waals surface area contributed by atoms with Crippen LogP contribution < -0.4 is 10.6 Å². The fourth-order valence-electron chi connectivity index (χ4n) is 2.18. The van der Waals surface area contributed by atoms with Crippen LogP contribution in [0.25, 0.3) is 0 Å². The molecule has 0 aromatic heterocycles. The number of rotatable bonds is 9. The number of hydrogen-bond acceptors (Lipinski definition) is 4. The summed E-state index contributed by atoms with van der Waals surface area (Å²) in [6.45, 7) is 12.8. The van der Waals surface area contributed by atoms with Gasteiger partial charge in [0, 0.05) is 19.6 Å². The normalized spacial score (nSPS) is 18.2. The first kappa shape index (κ1) is 17.4. The summed E-state index contributed by atoms with van der Waals surface area (Å²) in [7, 11) is 0. The number of carbonyl (C=O) groups is 1. The predicted molar refractivity (Wildman–Crippen MR) is 81.8 cm³/mol. The number of morpholine rings is 1. The minimum Gasteiger partial charge on any atom is -0.379 e. The molecule has 0 spiro atoms. The lowest BCUT2D eigenvalue weighted by molar-refractivity contribution is -0.122. The van der Waals surface area contributed by atoms with Crippen molar-refractivity contribution in [2.75, 3.05) is 45.9 Å². The zero-order valence-electron chi connectivity index (χ0n) is 13.3. The molecule has 0 saturated carbocycles. The van der Waals surface area contributed by atoms with Crippen molar-refractivity contribution in [3.8, 4) is 0 Å². The third kappa shape index (κ3) is 7.82. The summed E-state index contributed by atoms with van der Waals surface area (Å²) in [4.78, 5) is 14.2. The number of nitrogens with one attached hydrogen (secondary N) is 2. The molecule has 0 radical (unpaired) electrons. The van der Waals surface area contributed by atoms with Crippen LogP contribution >= 0.6 is 0 Å². The lowest BCUT2D eigenvalue weighted by Crippen LogP contribution is -2.44. The molecule has 1 saturated heterocycles. The van der Waals surface area contributed by atoms with Crippen molar-refractivity contribution < 1.29 is 9.53 Å². The maximum absolute atomic E-state index is 11.8. The van der Waals surface area contributed by atoms with Crippen LogP contribution in [0.2, 0.25) is 0 Å². The summed E-state index contributed by atoms with van der Waals surface area (Å²) in [5, 5.41) is 6.27. The van der Waals surface area contributed by atoms with Crippen LogP contribution in [0, 0.1) is 5.92 Å². The average Bonchev–Trinajstić information content (AvgIpc) is 2.44. The Bertz CT molecular complexity index is 266. The van der Waals surface area contributed by atoms with Crippen molar-refractivity contribution in [1.82, 2.24) is 15.5 Å². The van der Waals surface area contributed by atoms with Gasteiger partial charge in [0.25, 0.3) is 0 Å². The van der Waals surface area contributed by atoms with Crippen LogP contribution in [0.4, 0.5) is 0 Å². The van der Waals surface area contributed by atoms with E-state index in [1.807, 2.05) is 6.92 Å². The molecule has 0 bridgehead atoms. The zero-order chi connectivity index (χ0) is 14.8. The maximum Gasteiger partial charge on any atom is 0.236 e. The molecule has 1 rings (SSSR count). The van der Waals surface area contributed by atoms with E-state index in [2.05, 4.69) is 29.4 Å². The summed E-state index contributed by atoms with van der Waals surface area (Å²) >= 11 is 0. The Morgan fingerprint density at radius 1 is 1.20 bits per heavy atom. The molecule has 0 aromatic rings. The van der Waals surface area contributed by atoms with Gasteiger partial charge in [-0.2, -0.15) is 0 Å². The first-order valence-electron chi connectivity index (χ1n) is 7.90. The van der Waals surface area contributed by atoms with E-state index >= 15 is 0 Å². The summed E-state index contributed by atoms with van der Waals surface area (Å²) < 4.78 is 5.32. The second kappa shape index (κ2) is 10.1. The number of ether oxygens (including phenoxy) is 1. The Hall–Kier alpha value is -0.650. The van der Waals surface area contributed by atoms with Crippen molar-refractivity contribution in [3.05, 3.63) is 0 Å². The molecule has 0 aromatic carbocycles. The van der Waals surface area contributed by atoms with Gasteiger partial charge in [0.05, 0.1) is 19.3 Å². The molecule has 5 heteroatoms. The van der Waals surface area contributed by atoms with Gasteiger partial charge in [-0.05, 0) is 38.8 Å². The zero-order valence-corrected chi connectivity index (χ0v) is 13.3. The highest BCUT2D eigenvalue weighted by Crippen LogP contribution is 1.98. The van der Waals surface area contributed by atoms with Crippen LogP contribution in [-0.2, 0) is 9.53 Å². The van der Waals surface area contributed by atoms with Gasteiger partial charge in [0.2, 0.25) is 5.91 Å². The summed E-state index contributed by atoms with van der Waals surface area (Å²) in [5.41, 5.74) is 0. The smallest absolute Gasteiger partial charge is 0.236 e. The van der Waals surface area contributed by atoms with Crippen LogP contribution in [0.1, 0.15) is 33.6 Å². The number of carbonyl (C=O) groups excluding carboxylic acids is 1. The van der Waals surface area contributed by atoms with Gasteiger partial charge in [-0.3, -0.25) is 9.69 Å². The van der Waals surface area contributed by atoms with Crippen molar-refractivity contribution in [3.63, 3.8) is 0 Å². The van der Waals surface area contributed by atoms with Gasteiger partial charge in [-0.15, -0.1) is 0 Å². The average molecular weight is 285 g/mol. The van der Waals surface area contributed by atoms with Gasteiger partial charge < -0.3 is 15.4 Å². The molecule has 0 aliphatic carbocycles. The maximum atomic E-state index is 11.8. The first-order chi connectivity index (χ1) is 9.59. The highest BCUT2D eigenvalue weighted by molar-refractivity contribution is 5.81. The van der Waals surface area contributed by atoms with E-state index in [4.69, 9.17) is 4.74 Å². The number of amides is 1. The fraction of sp³-hybridized carbons (Fsp3) is 0.933. The minimum absolute atomic E-state index is 0.105. The van der Waals surface area contributed by atoms with E-state index in [0.29, 0.717) is 5.92 Å². The fourth-order valence-corrected chi connectivity index (χ4v) is 2.18. The lowest BCUT2D eigenvalue weighted by Gasteiger charge is -2.26. The van der Waals surface area contributed by atoms with Gasteiger partial charge in [-0.1, -0.05) is 13.8 Å². The van der Waals surface area contributed by atoms with Gasteiger partial charge >= 0.3 is 0 Å². The molecule has 1 aliphatic heterocycles. The summed E-state index contributed by atoms with van der Waals surface area (Å²) in [6, 6.07) is -0.105. The van der Waals surface area contributed by atoms with Gasteiger partial charge in [0.1, 0.15) is 0 Å². The molecular formula is C15H31N3O2. The molecule has 1 aliphatic rings. The van der Waals surface area contributed by atoms with Crippen LogP contribution in [0.15, 0.2) is 0 Å². The molecule has 20 heavy (non-hydrogen) atoms. The Morgan fingerprint density at radius 2 is 1.90 bits per heavy atom. The van der Waals surface area contributed by atoms with Crippen molar-refractivity contribution in [2.24, 2.45) is 5.92 Å². The van der Waals surface area contributed by atoms with Crippen LogP contribution in [-0.4, -0.2) is 62.8 Å². The standard InChI is InChI=1S/C15H31N3O2/c1-13(2)5-7-17-15(19)14(3)16-6-4-8-18-9-11-20-12-10-18/h13-14,16H,4-12H2,1-3H3,(H,17,19). The quantitative estimate of drug-likeness (QED) is 0.617. The highest BCUT2D eigenvalue weighted by Gasteiger charge is 2.12. The molecule has 1 amide bonds. The Kier molecular flexibility index (Phi) is 8.82. The van der Waals surface area contributed by atoms with Crippen LogP contribution in [0.5, 0.6) is 0 Å². The van der Waals surface area contributed by atoms with Crippen molar-refractivity contribution >= 4 is 5.91 Å². The second-order valence-electron chi connectivity index (χ2n) is 5.96. The number of nitrogens with zero attached hydrogens (tertiary/aromatic N) is 1. The molecule has 1 unspecified atom stereocenters. The topological polar surface area (TPSA) is 53.6 Å². The Morgan fingerprint density at radius 3 is 2.55 bits per heavy atom. The summed E-state index contributed by atoms with van der Waals surface area (Å²) in [6.07, 6.45) is 2.11. The predicted octanol–water partition coefficient (Wildman–Crippen LogP) is 0.849. The molecule has 118 valence electrons. The van der Waals surface area contributed by atoms with E-state index in [0.717, 1.165) is 58.8 Å². The van der Waals surface area contributed by atoms with E-state index in [1.165, 1.54) is 0 Å². The lowest BCUT2D eigenvalue weighted by atomic mass is 10.1. The van der Waals surface area contributed by atoms with Gasteiger partial charge in [-0.25, -0.2) is 0 Å². The van der Waals surface area contributed by atoms with Crippen molar-refractivity contribution in [2.45, 2.75) is 39.7 Å². The van der Waals surface area contributed by atoms with Crippen LogP contribution in [0.3, 0.4) is 0 Å². The van der Waals surface area contributed by atoms with E-state index in [9.17, 15) is 4.79 Å². The molecule has 5 nitrogen and oxygen atoms in total. The largest absolute Gasteiger partial charge is 0.379 e. The Balaban J connectivity index is 2.00. The summed E-state index contributed by atoms with van der Waals surface area (Å²) in [5.74, 6) is 0.740. The molecule has 1 atom stereocenters.